The molecule has 3 aromatic rings. The van der Waals surface area contributed by atoms with E-state index >= 15 is 0 Å². The number of ether oxygens (including phenoxy) is 3. The highest BCUT2D eigenvalue weighted by Gasteiger charge is 2.23. The van der Waals surface area contributed by atoms with Crippen LogP contribution >= 0.6 is 0 Å². The van der Waals surface area contributed by atoms with E-state index in [9.17, 15) is 4.79 Å². The van der Waals surface area contributed by atoms with Crippen molar-refractivity contribution in [2.45, 2.75) is 32.3 Å². The average Bonchev–Trinajstić information content (AvgIpc) is 2.90. The van der Waals surface area contributed by atoms with Crippen molar-refractivity contribution in [3.8, 4) is 11.5 Å². The zero-order valence-electron chi connectivity index (χ0n) is 20.6. The second kappa shape index (κ2) is 11.7. The molecule has 0 aliphatic carbocycles. The number of fused-ring (bicyclic) bond motifs is 1. The number of carbonyl (C=O) groups excluding carboxylic acids is 1. The van der Waals surface area contributed by atoms with Crippen LogP contribution in [0.1, 0.15) is 36.0 Å². The van der Waals surface area contributed by atoms with Gasteiger partial charge >= 0.3 is 0 Å². The van der Waals surface area contributed by atoms with Crippen LogP contribution in [0.5, 0.6) is 11.5 Å². The van der Waals surface area contributed by atoms with Gasteiger partial charge in [-0.3, -0.25) is 9.69 Å². The molecule has 0 fully saturated rings. The highest BCUT2D eigenvalue weighted by molar-refractivity contribution is 5.91. The monoisotopic (exact) mass is 475 g/mol. The molecule has 0 radical (unpaired) electrons. The van der Waals surface area contributed by atoms with Crippen LogP contribution in [0.4, 0.5) is 11.5 Å². The summed E-state index contributed by atoms with van der Waals surface area (Å²) in [7, 11) is 3.32. The zero-order valence-corrected chi connectivity index (χ0v) is 20.6. The predicted molar refractivity (Wildman–Crippen MR) is 137 cm³/mol. The molecule has 1 aliphatic rings. The van der Waals surface area contributed by atoms with Crippen LogP contribution in [0.25, 0.3) is 0 Å². The Labute approximate surface area is 207 Å². The lowest BCUT2D eigenvalue weighted by Crippen LogP contribution is -2.31. The minimum absolute atomic E-state index is 0.0299. The summed E-state index contributed by atoms with van der Waals surface area (Å²) in [4.78, 5) is 18.7. The molecule has 7 nitrogen and oxygen atoms in total. The van der Waals surface area contributed by atoms with Crippen molar-refractivity contribution in [3.63, 3.8) is 0 Å². The van der Waals surface area contributed by atoms with Crippen LogP contribution in [0, 0.1) is 0 Å². The average molecular weight is 476 g/mol. The van der Waals surface area contributed by atoms with Gasteiger partial charge in [0.25, 0.3) is 0 Å². The van der Waals surface area contributed by atoms with Crippen LogP contribution in [0.2, 0.25) is 0 Å². The summed E-state index contributed by atoms with van der Waals surface area (Å²) in [5.74, 6) is 2.46. The number of nitrogens with zero attached hydrogens (tertiary/aromatic N) is 2. The maximum absolute atomic E-state index is 12.4. The van der Waals surface area contributed by atoms with Gasteiger partial charge in [0.05, 0.1) is 20.8 Å². The summed E-state index contributed by atoms with van der Waals surface area (Å²) >= 11 is 0. The molecule has 35 heavy (non-hydrogen) atoms. The van der Waals surface area contributed by atoms with E-state index in [4.69, 9.17) is 14.2 Å². The number of methoxy groups -OCH3 is 2. The third kappa shape index (κ3) is 6.31. The molecule has 0 saturated heterocycles. The molecule has 0 bridgehead atoms. The molecule has 0 spiro atoms. The van der Waals surface area contributed by atoms with Gasteiger partial charge in [-0.15, -0.1) is 0 Å². The number of benzene rings is 2. The minimum atomic E-state index is -0.0299. The first kappa shape index (κ1) is 24.5. The fourth-order valence-electron chi connectivity index (χ4n) is 4.34. The van der Waals surface area contributed by atoms with Gasteiger partial charge in [0.1, 0.15) is 17.3 Å². The topological polar surface area (TPSA) is 72.9 Å². The molecule has 2 heterocycles. The summed E-state index contributed by atoms with van der Waals surface area (Å²) in [5.41, 5.74) is 4.45. The van der Waals surface area contributed by atoms with Crippen molar-refractivity contribution >= 4 is 17.4 Å². The van der Waals surface area contributed by atoms with Crippen molar-refractivity contribution in [2.24, 2.45) is 0 Å². The van der Waals surface area contributed by atoms with Crippen LogP contribution in [0.15, 0.2) is 60.8 Å². The summed E-state index contributed by atoms with van der Waals surface area (Å²) in [5, 5.41) is 3.53. The number of rotatable bonds is 10. The van der Waals surface area contributed by atoms with Gasteiger partial charge in [-0.2, -0.15) is 0 Å². The van der Waals surface area contributed by atoms with Crippen LogP contribution in [0.3, 0.4) is 0 Å². The standard InChI is InChI=1S/C28H33N3O4/c1-20(32)31(10-7-11-35-19-21-8-5-4-6-9-21)28-16-27-24(18-30-28)12-23(17-29-27)22-13-25(33-2)15-26(14-22)34-3/h4-6,8-9,13-16,18,23,29H,7,10-12,17,19H2,1-3H3. The van der Waals surface area contributed by atoms with Gasteiger partial charge in [-0.1, -0.05) is 30.3 Å². The van der Waals surface area contributed by atoms with E-state index < -0.39 is 0 Å². The third-order valence-corrected chi connectivity index (χ3v) is 6.26. The van der Waals surface area contributed by atoms with Gasteiger partial charge < -0.3 is 19.5 Å². The first-order valence-corrected chi connectivity index (χ1v) is 11.9. The molecular formula is C28H33N3O4. The van der Waals surface area contributed by atoms with Gasteiger partial charge in [-0.25, -0.2) is 4.98 Å². The molecule has 1 aromatic heterocycles. The van der Waals surface area contributed by atoms with E-state index in [1.807, 2.05) is 48.7 Å². The Morgan fingerprint density at radius 2 is 1.83 bits per heavy atom. The predicted octanol–water partition coefficient (Wildman–Crippen LogP) is 4.81. The highest BCUT2D eigenvalue weighted by Crippen LogP contribution is 2.35. The quantitative estimate of drug-likeness (QED) is 0.424. The Hall–Kier alpha value is -3.58. The molecule has 1 amide bonds. The van der Waals surface area contributed by atoms with E-state index in [0.717, 1.165) is 53.3 Å². The number of nitrogens with one attached hydrogen (secondary N) is 1. The van der Waals surface area contributed by atoms with E-state index in [-0.39, 0.29) is 11.8 Å². The molecular weight excluding hydrogens is 442 g/mol. The van der Waals surface area contributed by atoms with Crippen molar-refractivity contribution in [1.29, 1.82) is 0 Å². The second-order valence-electron chi connectivity index (χ2n) is 8.69. The lowest BCUT2D eigenvalue weighted by Gasteiger charge is -2.28. The molecule has 1 N–H and O–H groups in total. The summed E-state index contributed by atoms with van der Waals surface area (Å²) in [6.07, 6.45) is 3.46. The fourth-order valence-corrected chi connectivity index (χ4v) is 4.34. The Balaban J connectivity index is 1.38. The Morgan fingerprint density at radius 3 is 2.51 bits per heavy atom. The van der Waals surface area contributed by atoms with Gasteiger partial charge in [0.15, 0.2) is 0 Å². The van der Waals surface area contributed by atoms with E-state index in [0.29, 0.717) is 25.6 Å². The smallest absolute Gasteiger partial charge is 0.225 e. The number of hydrogen-bond donors (Lipinski definition) is 1. The number of pyridine rings is 1. The van der Waals surface area contributed by atoms with E-state index in [1.165, 1.54) is 0 Å². The van der Waals surface area contributed by atoms with Crippen molar-refractivity contribution in [2.75, 3.05) is 44.1 Å². The van der Waals surface area contributed by atoms with Crippen molar-refractivity contribution in [3.05, 3.63) is 77.5 Å². The Morgan fingerprint density at radius 1 is 1.09 bits per heavy atom. The number of hydrogen-bond acceptors (Lipinski definition) is 6. The molecule has 1 unspecified atom stereocenters. The van der Waals surface area contributed by atoms with Gasteiger partial charge in [-0.05, 0) is 41.7 Å². The number of anilines is 2. The SMILES string of the molecule is COc1cc(OC)cc(C2CNc3cc(N(CCCOCc4ccccc4)C(C)=O)ncc3C2)c1. The van der Waals surface area contributed by atoms with Crippen molar-refractivity contribution in [1.82, 2.24) is 4.98 Å². The van der Waals surface area contributed by atoms with Crippen LogP contribution < -0.4 is 19.7 Å². The largest absolute Gasteiger partial charge is 0.497 e. The first-order chi connectivity index (χ1) is 17.1. The fraction of sp³-hybridized carbons (Fsp3) is 0.357. The molecule has 184 valence electrons. The number of carbonyl (C=O) groups is 1. The Bertz CT molecular complexity index is 1110. The van der Waals surface area contributed by atoms with E-state index in [1.54, 1.807) is 26.0 Å². The van der Waals surface area contributed by atoms with Crippen LogP contribution in [-0.4, -0.2) is 44.8 Å². The summed E-state index contributed by atoms with van der Waals surface area (Å²) < 4.78 is 16.6. The normalized spacial score (nSPS) is 14.5. The lowest BCUT2D eigenvalue weighted by atomic mass is 9.88. The van der Waals surface area contributed by atoms with Crippen LogP contribution in [-0.2, 0) is 22.6 Å². The second-order valence-corrected chi connectivity index (χ2v) is 8.69. The maximum Gasteiger partial charge on any atom is 0.225 e. The first-order valence-electron chi connectivity index (χ1n) is 11.9. The van der Waals surface area contributed by atoms with Gasteiger partial charge in [0.2, 0.25) is 5.91 Å². The molecule has 4 rings (SSSR count). The molecule has 0 saturated carbocycles. The van der Waals surface area contributed by atoms with E-state index in [2.05, 4.69) is 22.4 Å². The summed E-state index contributed by atoms with van der Waals surface area (Å²) in [6.45, 7) is 4.06. The molecule has 1 atom stereocenters. The lowest BCUT2D eigenvalue weighted by molar-refractivity contribution is -0.116. The maximum atomic E-state index is 12.4. The minimum Gasteiger partial charge on any atom is -0.497 e. The summed E-state index contributed by atoms with van der Waals surface area (Å²) in [6, 6.07) is 18.0. The molecule has 1 aliphatic heterocycles. The van der Waals surface area contributed by atoms with Gasteiger partial charge in [0, 0.05) is 56.6 Å². The number of amides is 1. The zero-order chi connectivity index (χ0) is 24.6. The highest BCUT2D eigenvalue weighted by atomic mass is 16.5. The molecule has 2 aromatic carbocycles. The molecule has 7 heteroatoms. The Kier molecular flexibility index (Phi) is 8.21. The third-order valence-electron chi connectivity index (χ3n) is 6.26. The number of aromatic nitrogens is 1. The van der Waals surface area contributed by atoms with Crippen molar-refractivity contribution < 1.29 is 19.0 Å².